The van der Waals surface area contributed by atoms with Gasteiger partial charge in [-0.2, -0.15) is 0 Å². The zero-order chi connectivity index (χ0) is 23.9. The zero-order valence-corrected chi connectivity index (χ0v) is 20.1. The minimum Gasteiger partial charge on any atom is -0.497 e. The fourth-order valence-corrected chi connectivity index (χ4v) is 5.12. The Morgan fingerprint density at radius 3 is 2.28 bits per heavy atom. The molecule has 1 fully saturated rings. The van der Waals surface area contributed by atoms with E-state index in [1.807, 2.05) is 0 Å². The highest BCUT2D eigenvalue weighted by atomic mass is 32.2. The van der Waals surface area contributed by atoms with Gasteiger partial charge in [-0.15, -0.1) is 0 Å². The molecule has 10 heteroatoms. The predicted octanol–water partition coefficient (Wildman–Crippen LogP) is 2.11. The Bertz CT molecular complexity index is 874. The summed E-state index contributed by atoms with van der Waals surface area (Å²) in [5, 5.41) is 0.854. The highest BCUT2D eigenvalue weighted by molar-refractivity contribution is 7.89. The van der Waals surface area contributed by atoms with Gasteiger partial charge in [0.15, 0.2) is 5.92 Å². The van der Waals surface area contributed by atoms with Crippen LogP contribution in [-0.2, 0) is 30.9 Å². The van der Waals surface area contributed by atoms with E-state index in [4.69, 9.17) is 15.3 Å². The second-order valence-corrected chi connectivity index (χ2v) is 10.9. The minimum atomic E-state index is -3.91. The molecule has 0 aliphatic heterocycles. The number of methoxy groups -OCH3 is 1. The third kappa shape index (κ3) is 8.40. The number of carbonyl (C=O) groups excluding carboxylic acids is 2. The lowest BCUT2D eigenvalue weighted by Crippen LogP contribution is -2.49. The maximum absolute atomic E-state index is 13.1. The number of nitrogens with zero attached hydrogens (tertiary/aromatic N) is 1. The Morgan fingerprint density at radius 2 is 1.75 bits per heavy atom. The number of esters is 1. The number of ether oxygens (including phenoxy) is 2. The molecule has 0 heterocycles. The van der Waals surface area contributed by atoms with Crippen LogP contribution in [0.25, 0.3) is 0 Å². The van der Waals surface area contributed by atoms with Crippen LogP contribution in [0, 0.1) is 5.92 Å². The van der Waals surface area contributed by atoms with Gasteiger partial charge in [0.2, 0.25) is 10.0 Å². The molecule has 1 atom stereocenters. The van der Waals surface area contributed by atoms with Crippen molar-refractivity contribution in [3.8, 4) is 5.75 Å². The largest absolute Gasteiger partial charge is 0.497 e. The van der Waals surface area contributed by atoms with Gasteiger partial charge in [-0.1, -0.05) is 31.4 Å². The van der Waals surface area contributed by atoms with Gasteiger partial charge in [-0.25, -0.2) is 19.0 Å². The summed E-state index contributed by atoms with van der Waals surface area (Å²) in [5.41, 5.74) is -0.182. The van der Waals surface area contributed by atoms with Crippen LogP contribution in [-0.4, -0.2) is 49.8 Å². The lowest BCUT2D eigenvalue weighted by molar-refractivity contribution is -0.164. The molecule has 0 aromatic heterocycles. The van der Waals surface area contributed by atoms with E-state index in [2.05, 4.69) is 4.72 Å². The molecule has 180 valence electrons. The molecule has 32 heavy (non-hydrogen) atoms. The number of hydrogen-bond donors (Lipinski definition) is 2. The van der Waals surface area contributed by atoms with E-state index in [-0.39, 0.29) is 12.6 Å². The van der Waals surface area contributed by atoms with E-state index >= 15 is 0 Å². The Balaban J connectivity index is 2.16. The summed E-state index contributed by atoms with van der Waals surface area (Å²) in [6, 6.07) is 6.72. The van der Waals surface area contributed by atoms with Gasteiger partial charge in [0.1, 0.15) is 11.4 Å². The fraction of sp³-hybridized carbons (Fsp3) is 0.636. The number of nitrogens with two attached hydrogens (primary N) is 1. The Labute approximate surface area is 190 Å². The van der Waals surface area contributed by atoms with E-state index in [9.17, 15) is 18.0 Å². The monoisotopic (exact) mass is 469 g/mol. The van der Waals surface area contributed by atoms with Gasteiger partial charge < -0.3 is 9.47 Å². The van der Waals surface area contributed by atoms with E-state index < -0.39 is 39.2 Å². The number of hydrogen-bond acceptors (Lipinski definition) is 7. The van der Waals surface area contributed by atoms with Gasteiger partial charge in [0.25, 0.3) is 5.91 Å². The van der Waals surface area contributed by atoms with Gasteiger partial charge in [0, 0.05) is 6.04 Å². The average Bonchev–Trinajstić information content (AvgIpc) is 2.71. The molecule has 0 unspecified atom stereocenters. The van der Waals surface area contributed by atoms with E-state index in [0.29, 0.717) is 11.3 Å². The number of carbonyl (C=O) groups is 2. The SMILES string of the molecule is COc1ccc(CN(N)C(=O)[C@@H](CS(=O)(=O)NC2CCCCC2)C(=O)OC(C)(C)C)cc1. The molecule has 1 aromatic carbocycles. The summed E-state index contributed by atoms with van der Waals surface area (Å²) < 4.78 is 38.7. The molecule has 0 saturated heterocycles. The second-order valence-electron chi connectivity index (χ2n) is 9.13. The van der Waals surface area contributed by atoms with Crippen molar-refractivity contribution in [3.05, 3.63) is 29.8 Å². The van der Waals surface area contributed by atoms with Gasteiger partial charge in [-0.3, -0.25) is 14.6 Å². The molecule has 1 amide bonds. The molecule has 1 saturated carbocycles. The molecule has 1 aliphatic carbocycles. The van der Waals surface area contributed by atoms with Crippen molar-refractivity contribution < 1.29 is 27.5 Å². The van der Waals surface area contributed by atoms with Gasteiger partial charge in [-0.05, 0) is 51.3 Å². The highest BCUT2D eigenvalue weighted by Crippen LogP contribution is 2.20. The summed E-state index contributed by atoms with van der Waals surface area (Å²) in [6.45, 7) is 4.95. The summed E-state index contributed by atoms with van der Waals surface area (Å²) in [7, 11) is -2.37. The third-order valence-electron chi connectivity index (χ3n) is 5.12. The number of hydrazine groups is 1. The fourth-order valence-electron chi connectivity index (χ4n) is 3.56. The number of nitrogens with one attached hydrogen (secondary N) is 1. The van der Waals surface area contributed by atoms with Crippen LogP contribution in [0.2, 0.25) is 0 Å². The molecule has 3 N–H and O–H groups in total. The molecule has 2 rings (SSSR count). The van der Waals surface area contributed by atoms with Crippen LogP contribution in [0.3, 0.4) is 0 Å². The molecule has 0 bridgehead atoms. The van der Waals surface area contributed by atoms with Crippen LogP contribution in [0.15, 0.2) is 24.3 Å². The highest BCUT2D eigenvalue weighted by Gasteiger charge is 2.38. The van der Waals surface area contributed by atoms with Crippen LogP contribution in [0.5, 0.6) is 5.75 Å². The van der Waals surface area contributed by atoms with Crippen LogP contribution < -0.4 is 15.3 Å². The number of sulfonamides is 1. The first-order valence-corrected chi connectivity index (χ1v) is 12.5. The molecule has 0 spiro atoms. The standard InChI is InChI=1S/C22H35N3O6S/c1-22(2,3)31-21(27)19(15-32(28,29)24-17-8-6-5-7-9-17)20(26)25(23)14-16-10-12-18(30-4)13-11-16/h10-13,17,19,24H,5-9,14-15,23H2,1-4H3/t19-/m1/s1. The first kappa shape index (κ1) is 26.1. The molecule has 9 nitrogen and oxygen atoms in total. The third-order valence-corrected chi connectivity index (χ3v) is 6.59. The van der Waals surface area contributed by atoms with Crippen molar-refractivity contribution in [2.75, 3.05) is 12.9 Å². The first-order valence-electron chi connectivity index (χ1n) is 10.8. The van der Waals surface area contributed by atoms with Crippen molar-refractivity contribution in [1.29, 1.82) is 0 Å². The van der Waals surface area contributed by atoms with Crippen LogP contribution in [0.4, 0.5) is 0 Å². The van der Waals surface area contributed by atoms with Crippen molar-refractivity contribution >= 4 is 21.9 Å². The quantitative estimate of drug-likeness (QED) is 0.186. The summed E-state index contributed by atoms with van der Waals surface area (Å²) in [4.78, 5) is 25.8. The van der Waals surface area contributed by atoms with E-state index in [1.54, 1.807) is 52.1 Å². The smallest absolute Gasteiger partial charge is 0.320 e. The maximum Gasteiger partial charge on any atom is 0.320 e. The summed E-state index contributed by atoms with van der Waals surface area (Å²) >= 11 is 0. The average molecular weight is 470 g/mol. The lowest BCUT2D eigenvalue weighted by atomic mass is 9.96. The predicted molar refractivity (Wildman–Crippen MR) is 121 cm³/mol. The second kappa shape index (κ2) is 11.1. The maximum atomic E-state index is 13.1. The van der Waals surface area contributed by atoms with Gasteiger partial charge >= 0.3 is 5.97 Å². The van der Waals surface area contributed by atoms with E-state index in [1.165, 1.54) is 0 Å². The number of rotatable bonds is 9. The van der Waals surface area contributed by atoms with Gasteiger partial charge in [0.05, 0.1) is 19.4 Å². The molecular weight excluding hydrogens is 434 g/mol. The number of benzene rings is 1. The topological polar surface area (TPSA) is 128 Å². The summed E-state index contributed by atoms with van der Waals surface area (Å²) in [5.74, 6) is 2.59. The van der Waals surface area contributed by atoms with E-state index in [0.717, 1.165) is 37.1 Å². The number of amides is 1. The zero-order valence-electron chi connectivity index (χ0n) is 19.3. The lowest BCUT2D eigenvalue weighted by Gasteiger charge is -2.27. The van der Waals surface area contributed by atoms with Crippen molar-refractivity contribution in [3.63, 3.8) is 0 Å². The van der Waals surface area contributed by atoms with Crippen molar-refractivity contribution in [2.45, 2.75) is 71.1 Å². The van der Waals surface area contributed by atoms with Crippen molar-refractivity contribution in [2.24, 2.45) is 11.8 Å². The van der Waals surface area contributed by atoms with Crippen molar-refractivity contribution in [1.82, 2.24) is 9.73 Å². The molecular formula is C22H35N3O6S. The molecule has 0 radical (unpaired) electrons. The minimum absolute atomic E-state index is 0.00176. The first-order chi connectivity index (χ1) is 14.9. The van der Waals surface area contributed by atoms with Crippen LogP contribution >= 0.6 is 0 Å². The molecule has 1 aliphatic rings. The Kier molecular flexibility index (Phi) is 9.06. The Morgan fingerprint density at radius 1 is 1.16 bits per heavy atom. The summed E-state index contributed by atoms with van der Waals surface area (Å²) in [6.07, 6.45) is 4.44. The van der Waals surface area contributed by atoms with Crippen LogP contribution in [0.1, 0.15) is 58.4 Å². The normalized spacial score (nSPS) is 16.3. The molecule has 1 aromatic rings. The Hall–Kier alpha value is -2.17.